The molecule has 1 aromatic heterocycles. The first-order valence-corrected chi connectivity index (χ1v) is 9.10. The second-order valence-electron chi connectivity index (χ2n) is 6.36. The number of benzene rings is 1. The monoisotopic (exact) mass is 332 g/mol. The molecule has 3 rings (SSSR count). The molecule has 1 heterocycles. The van der Waals surface area contributed by atoms with Gasteiger partial charge in [-0.3, -0.25) is 4.79 Å². The predicted octanol–water partition coefficient (Wildman–Crippen LogP) is 3.58. The standard InChI is InChI=1S/C18H24N2O2S/c1-12-10-15-16(11-13(12)2)23-18(20(15)8-9-22-3)19-17(21)14-6-4-5-7-14/h10-11,14H,4-9H2,1-3H3. The van der Waals surface area contributed by atoms with E-state index in [1.54, 1.807) is 18.4 Å². The summed E-state index contributed by atoms with van der Waals surface area (Å²) < 4.78 is 8.55. The Hall–Kier alpha value is -1.46. The Morgan fingerprint density at radius 2 is 2.00 bits per heavy atom. The van der Waals surface area contributed by atoms with Crippen LogP contribution in [0.1, 0.15) is 36.8 Å². The SMILES string of the molecule is COCCn1c(=NC(=O)C2CCCC2)sc2cc(C)c(C)cc21. The van der Waals surface area contributed by atoms with E-state index in [2.05, 4.69) is 35.5 Å². The van der Waals surface area contributed by atoms with E-state index >= 15 is 0 Å². The van der Waals surface area contributed by atoms with E-state index in [1.165, 1.54) is 15.8 Å². The zero-order chi connectivity index (χ0) is 16.4. The fourth-order valence-electron chi connectivity index (χ4n) is 3.16. The highest BCUT2D eigenvalue weighted by molar-refractivity contribution is 7.16. The number of carbonyl (C=O) groups is 1. The van der Waals surface area contributed by atoms with Crippen molar-refractivity contribution >= 4 is 27.5 Å². The summed E-state index contributed by atoms with van der Waals surface area (Å²) in [6.07, 6.45) is 4.29. The van der Waals surface area contributed by atoms with Gasteiger partial charge >= 0.3 is 0 Å². The maximum absolute atomic E-state index is 12.4. The number of ether oxygens (including phenoxy) is 1. The molecule has 5 heteroatoms. The fourth-order valence-corrected chi connectivity index (χ4v) is 4.31. The lowest BCUT2D eigenvalue weighted by Gasteiger charge is -2.07. The van der Waals surface area contributed by atoms with Gasteiger partial charge in [0.15, 0.2) is 4.80 Å². The van der Waals surface area contributed by atoms with Crippen molar-refractivity contribution in [1.29, 1.82) is 0 Å². The van der Waals surface area contributed by atoms with Crippen LogP contribution >= 0.6 is 11.3 Å². The molecule has 1 aliphatic rings. The molecule has 1 fully saturated rings. The van der Waals surface area contributed by atoms with Gasteiger partial charge in [0, 0.05) is 19.6 Å². The normalized spacial score (nSPS) is 16.6. The highest BCUT2D eigenvalue weighted by Gasteiger charge is 2.22. The molecular formula is C18H24N2O2S. The Labute approximate surface area is 140 Å². The minimum Gasteiger partial charge on any atom is -0.383 e. The van der Waals surface area contributed by atoms with Crippen LogP contribution in [0.15, 0.2) is 17.1 Å². The second kappa shape index (κ2) is 6.97. The molecule has 2 aromatic rings. The summed E-state index contributed by atoms with van der Waals surface area (Å²) in [5.74, 6) is 0.174. The van der Waals surface area contributed by atoms with Crippen molar-refractivity contribution in [2.45, 2.75) is 46.1 Å². The zero-order valence-corrected chi connectivity index (χ0v) is 14.9. The first kappa shape index (κ1) is 16.4. The molecule has 0 bridgehead atoms. The van der Waals surface area contributed by atoms with Gasteiger partial charge in [0.05, 0.1) is 16.8 Å². The first-order chi connectivity index (χ1) is 11.1. The Kier molecular flexibility index (Phi) is 4.97. The van der Waals surface area contributed by atoms with Gasteiger partial charge in [0.2, 0.25) is 0 Å². The molecule has 0 unspecified atom stereocenters. The molecule has 0 atom stereocenters. The van der Waals surface area contributed by atoms with Gasteiger partial charge in [0.1, 0.15) is 0 Å². The molecule has 1 saturated carbocycles. The van der Waals surface area contributed by atoms with Crippen molar-refractivity contribution in [3.05, 3.63) is 28.1 Å². The van der Waals surface area contributed by atoms with E-state index in [0.29, 0.717) is 6.61 Å². The molecular weight excluding hydrogens is 308 g/mol. The molecule has 4 nitrogen and oxygen atoms in total. The highest BCUT2D eigenvalue weighted by atomic mass is 32.1. The van der Waals surface area contributed by atoms with E-state index in [9.17, 15) is 4.79 Å². The summed E-state index contributed by atoms with van der Waals surface area (Å²) in [6, 6.07) is 4.38. The number of rotatable bonds is 4. The van der Waals surface area contributed by atoms with Gasteiger partial charge in [-0.2, -0.15) is 4.99 Å². The summed E-state index contributed by atoms with van der Waals surface area (Å²) in [5.41, 5.74) is 3.68. The molecule has 0 saturated heterocycles. The topological polar surface area (TPSA) is 43.6 Å². The lowest BCUT2D eigenvalue weighted by atomic mass is 10.1. The van der Waals surface area contributed by atoms with Crippen LogP contribution in [-0.2, 0) is 16.1 Å². The molecule has 0 aliphatic heterocycles. The van der Waals surface area contributed by atoms with Crippen molar-refractivity contribution in [3.8, 4) is 0 Å². The molecule has 23 heavy (non-hydrogen) atoms. The van der Waals surface area contributed by atoms with E-state index in [1.807, 2.05) is 0 Å². The Morgan fingerprint density at radius 3 is 2.70 bits per heavy atom. The molecule has 0 radical (unpaired) electrons. The Bertz CT molecular complexity index is 782. The molecule has 0 spiro atoms. The van der Waals surface area contributed by atoms with Crippen LogP contribution < -0.4 is 4.80 Å². The number of amides is 1. The number of thiazole rings is 1. The van der Waals surface area contributed by atoms with Crippen LogP contribution in [-0.4, -0.2) is 24.2 Å². The van der Waals surface area contributed by atoms with Gasteiger partial charge in [-0.1, -0.05) is 24.2 Å². The van der Waals surface area contributed by atoms with Crippen LogP contribution in [0.2, 0.25) is 0 Å². The van der Waals surface area contributed by atoms with Crippen molar-refractivity contribution in [2.75, 3.05) is 13.7 Å². The maximum Gasteiger partial charge on any atom is 0.251 e. The molecule has 124 valence electrons. The van der Waals surface area contributed by atoms with E-state index in [-0.39, 0.29) is 11.8 Å². The first-order valence-electron chi connectivity index (χ1n) is 8.28. The third-order valence-electron chi connectivity index (χ3n) is 4.73. The third kappa shape index (κ3) is 3.40. The maximum atomic E-state index is 12.4. The van der Waals surface area contributed by atoms with Gasteiger partial charge in [-0.05, 0) is 49.9 Å². The largest absolute Gasteiger partial charge is 0.383 e. The molecule has 1 aliphatic carbocycles. The van der Waals surface area contributed by atoms with Crippen molar-refractivity contribution in [1.82, 2.24) is 4.57 Å². The minimum atomic E-state index is 0.0497. The van der Waals surface area contributed by atoms with Gasteiger partial charge in [-0.15, -0.1) is 0 Å². The lowest BCUT2D eigenvalue weighted by Crippen LogP contribution is -2.21. The number of aromatic nitrogens is 1. The summed E-state index contributed by atoms with van der Waals surface area (Å²) in [5, 5.41) is 0. The fraction of sp³-hybridized carbons (Fsp3) is 0.556. The van der Waals surface area contributed by atoms with Crippen LogP contribution in [0.3, 0.4) is 0 Å². The molecule has 1 aromatic carbocycles. The average molecular weight is 332 g/mol. The van der Waals surface area contributed by atoms with Crippen molar-refractivity contribution in [3.63, 3.8) is 0 Å². The quantitative estimate of drug-likeness (QED) is 0.859. The van der Waals surface area contributed by atoms with Crippen molar-refractivity contribution < 1.29 is 9.53 Å². The van der Waals surface area contributed by atoms with Gasteiger partial charge < -0.3 is 9.30 Å². The Balaban J connectivity index is 2.08. The number of fused-ring (bicyclic) bond motifs is 1. The average Bonchev–Trinajstić information content (AvgIpc) is 3.15. The summed E-state index contributed by atoms with van der Waals surface area (Å²) in [6.45, 7) is 5.57. The lowest BCUT2D eigenvalue weighted by molar-refractivity contribution is -0.121. The summed E-state index contributed by atoms with van der Waals surface area (Å²) in [7, 11) is 1.70. The minimum absolute atomic E-state index is 0.0497. The molecule has 1 amide bonds. The second-order valence-corrected chi connectivity index (χ2v) is 7.37. The van der Waals surface area contributed by atoms with Crippen LogP contribution in [0.4, 0.5) is 0 Å². The number of carbonyl (C=O) groups excluding carboxylic acids is 1. The zero-order valence-electron chi connectivity index (χ0n) is 14.1. The smallest absolute Gasteiger partial charge is 0.251 e. The number of hydrogen-bond acceptors (Lipinski definition) is 3. The highest BCUT2D eigenvalue weighted by Crippen LogP contribution is 2.26. The number of nitrogens with zero attached hydrogens (tertiary/aromatic N) is 2. The van der Waals surface area contributed by atoms with E-state index in [0.717, 1.165) is 42.5 Å². The number of aryl methyl sites for hydroxylation is 2. The number of hydrogen-bond donors (Lipinski definition) is 0. The van der Waals surface area contributed by atoms with Crippen LogP contribution in [0.25, 0.3) is 10.2 Å². The molecule has 0 N–H and O–H groups in total. The van der Waals surface area contributed by atoms with Gasteiger partial charge in [-0.25, -0.2) is 0 Å². The van der Waals surface area contributed by atoms with Crippen LogP contribution in [0, 0.1) is 19.8 Å². The van der Waals surface area contributed by atoms with E-state index in [4.69, 9.17) is 4.74 Å². The van der Waals surface area contributed by atoms with Gasteiger partial charge in [0.25, 0.3) is 5.91 Å². The summed E-state index contributed by atoms with van der Waals surface area (Å²) >= 11 is 1.60. The van der Waals surface area contributed by atoms with E-state index < -0.39 is 0 Å². The number of methoxy groups -OCH3 is 1. The Morgan fingerprint density at radius 1 is 1.30 bits per heavy atom. The third-order valence-corrected chi connectivity index (χ3v) is 5.77. The van der Waals surface area contributed by atoms with Crippen LogP contribution in [0.5, 0.6) is 0 Å². The summed E-state index contributed by atoms with van der Waals surface area (Å²) in [4.78, 5) is 17.7. The predicted molar refractivity (Wildman–Crippen MR) is 93.7 cm³/mol. The van der Waals surface area contributed by atoms with Crippen molar-refractivity contribution in [2.24, 2.45) is 10.9 Å².